The summed E-state index contributed by atoms with van der Waals surface area (Å²) in [6, 6.07) is 2.72. The van der Waals surface area contributed by atoms with Crippen molar-refractivity contribution in [3.63, 3.8) is 0 Å². The minimum atomic E-state index is -0.626. The summed E-state index contributed by atoms with van der Waals surface area (Å²) >= 11 is 0. The van der Waals surface area contributed by atoms with E-state index in [9.17, 15) is 14.1 Å². The Morgan fingerprint density at radius 2 is 2.21 bits per heavy atom. The Labute approximate surface area is 110 Å². The van der Waals surface area contributed by atoms with E-state index in [1.165, 1.54) is 12.1 Å². The summed E-state index contributed by atoms with van der Waals surface area (Å²) < 4.78 is 18.4. The highest BCUT2D eigenvalue weighted by atomic mass is 19.1. The number of nitroso groups, excluding NO2 is 1. The SMILES string of the molecule is CCOC(=O)CC1=C(C)Cc2cc(F)c(N=O)cc21. The molecule has 2 rings (SSSR count). The van der Waals surface area contributed by atoms with Crippen molar-refractivity contribution >= 4 is 17.2 Å². The third-order valence-corrected chi connectivity index (χ3v) is 3.19. The predicted molar refractivity (Wildman–Crippen MR) is 69.4 cm³/mol. The molecule has 4 nitrogen and oxygen atoms in total. The van der Waals surface area contributed by atoms with E-state index in [0.29, 0.717) is 13.0 Å². The number of carbonyl (C=O) groups is 1. The number of hydrogen-bond donors (Lipinski definition) is 0. The first kappa shape index (κ1) is 13.4. The first-order valence-corrected chi connectivity index (χ1v) is 6.07. The van der Waals surface area contributed by atoms with Gasteiger partial charge in [0.05, 0.1) is 13.0 Å². The Morgan fingerprint density at radius 3 is 2.84 bits per heavy atom. The van der Waals surface area contributed by atoms with Crippen molar-refractivity contribution in [2.45, 2.75) is 26.7 Å². The van der Waals surface area contributed by atoms with Gasteiger partial charge in [-0.15, -0.1) is 4.91 Å². The van der Waals surface area contributed by atoms with Gasteiger partial charge in [-0.2, -0.15) is 0 Å². The molecule has 0 fully saturated rings. The van der Waals surface area contributed by atoms with Crippen LogP contribution in [0.2, 0.25) is 0 Å². The van der Waals surface area contributed by atoms with Gasteiger partial charge in [-0.1, -0.05) is 5.57 Å². The molecule has 0 heterocycles. The third-order valence-electron chi connectivity index (χ3n) is 3.19. The van der Waals surface area contributed by atoms with E-state index in [1.807, 2.05) is 6.92 Å². The molecular weight excluding hydrogens is 249 g/mol. The van der Waals surface area contributed by atoms with Crippen LogP contribution in [0.5, 0.6) is 0 Å². The molecule has 0 atom stereocenters. The topological polar surface area (TPSA) is 55.7 Å². The number of esters is 1. The zero-order chi connectivity index (χ0) is 14.0. The Bertz CT molecular complexity index is 578. The van der Waals surface area contributed by atoms with Crippen LogP contribution in [0.1, 0.15) is 31.4 Å². The van der Waals surface area contributed by atoms with Gasteiger partial charge in [0.25, 0.3) is 0 Å². The summed E-state index contributed by atoms with van der Waals surface area (Å²) in [7, 11) is 0. The van der Waals surface area contributed by atoms with Crippen LogP contribution in [0.15, 0.2) is 22.9 Å². The molecule has 19 heavy (non-hydrogen) atoms. The van der Waals surface area contributed by atoms with Crippen LogP contribution in [-0.2, 0) is 16.0 Å². The molecule has 0 spiro atoms. The number of rotatable bonds is 4. The van der Waals surface area contributed by atoms with E-state index in [2.05, 4.69) is 5.18 Å². The predicted octanol–water partition coefficient (Wildman–Crippen LogP) is 3.51. The lowest BCUT2D eigenvalue weighted by molar-refractivity contribution is -0.141. The van der Waals surface area contributed by atoms with Gasteiger partial charge in [0.15, 0.2) is 5.82 Å². The monoisotopic (exact) mass is 263 g/mol. The van der Waals surface area contributed by atoms with E-state index < -0.39 is 5.82 Å². The summed E-state index contributed by atoms with van der Waals surface area (Å²) in [5.74, 6) is -0.950. The fraction of sp³-hybridized carbons (Fsp3) is 0.357. The zero-order valence-electron chi connectivity index (χ0n) is 10.8. The van der Waals surface area contributed by atoms with E-state index in [1.54, 1.807) is 6.92 Å². The highest BCUT2D eigenvalue weighted by Gasteiger charge is 2.23. The summed E-state index contributed by atoms with van der Waals surface area (Å²) in [5, 5.41) is 2.66. The molecule has 0 aromatic heterocycles. The van der Waals surface area contributed by atoms with E-state index in [-0.39, 0.29) is 18.1 Å². The second kappa shape index (κ2) is 5.30. The van der Waals surface area contributed by atoms with Crippen LogP contribution in [0.3, 0.4) is 0 Å². The van der Waals surface area contributed by atoms with Crippen molar-refractivity contribution in [3.05, 3.63) is 39.6 Å². The number of allylic oxidation sites excluding steroid dienone is 1. The number of carbonyl (C=O) groups excluding carboxylic acids is 1. The third kappa shape index (κ3) is 2.54. The van der Waals surface area contributed by atoms with Gasteiger partial charge >= 0.3 is 5.97 Å². The molecule has 100 valence electrons. The van der Waals surface area contributed by atoms with Crippen LogP contribution in [0, 0.1) is 10.7 Å². The van der Waals surface area contributed by atoms with Crippen molar-refractivity contribution in [1.29, 1.82) is 0 Å². The van der Waals surface area contributed by atoms with E-state index in [0.717, 1.165) is 22.3 Å². The first-order chi connectivity index (χ1) is 9.06. The normalized spacial score (nSPS) is 13.4. The number of nitrogens with zero attached hydrogens (tertiary/aromatic N) is 1. The molecule has 1 aromatic carbocycles. The van der Waals surface area contributed by atoms with Crippen molar-refractivity contribution in [2.75, 3.05) is 6.61 Å². The summed E-state index contributed by atoms with van der Waals surface area (Å²) in [4.78, 5) is 22.1. The summed E-state index contributed by atoms with van der Waals surface area (Å²) in [6.07, 6.45) is 0.719. The maximum atomic E-state index is 13.5. The van der Waals surface area contributed by atoms with Gasteiger partial charge < -0.3 is 4.74 Å². The Balaban J connectivity index is 2.36. The van der Waals surface area contributed by atoms with Crippen LogP contribution in [0.25, 0.3) is 5.57 Å². The average molecular weight is 263 g/mol. The molecule has 0 saturated heterocycles. The smallest absolute Gasteiger partial charge is 0.310 e. The second-order valence-electron chi connectivity index (χ2n) is 4.47. The number of ether oxygens (including phenoxy) is 1. The fourth-order valence-corrected chi connectivity index (χ4v) is 2.32. The standard InChI is InChI=1S/C14H14FNO3/c1-3-19-14(17)7-10-8(2)4-9-5-12(15)13(16-18)6-11(9)10/h5-6H,3-4,7H2,1-2H3. The van der Waals surface area contributed by atoms with E-state index in [4.69, 9.17) is 4.74 Å². The molecule has 0 aliphatic heterocycles. The Kier molecular flexibility index (Phi) is 3.74. The second-order valence-corrected chi connectivity index (χ2v) is 4.47. The number of hydrogen-bond acceptors (Lipinski definition) is 4. The van der Waals surface area contributed by atoms with Gasteiger partial charge in [0.2, 0.25) is 0 Å². The van der Waals surface area contributed by atoms with Gasteiger partial charge in [-0.25, -0.2) is 4.39 Å². The minimum absolute atomic E-state index is 0.136. The van der Waals surface area contributed by atoms with E-state index >= 15 is 0 Å². The lowest BCUT2D eigenvalue weighted by Gasteiger charge is -2.07. The molecule has 0 radical (unpaired) electrons. The van der Waals surface area contributed by atoms with Crippen LogP contribution >= 0.6 is 0 Å². The number of fused-ring (bicyclic) bond motifs is 1. The first-order valence-electron chi connectivity index (χ1n) is 6.07. The molecular formula is C14H14FNO3. The molecule has 0 bridgehead atoms. The van der Waals surface area contributed by atoms with Crippen molar-refractivity contribution in [3.8, 4) is 0 Å². The quantitative estimate of drug-likeness (QED) is 0.617. The molecule has 0 saturated carbocycles. The van der Waals surface area contributed by atoms with Crippen molar-refractivity contribution in [1.82, 2.24) is 0 Å². The van der Waals surface area contributed by atoms with Gasteiger partial charge in [-0.3, -0.25) is 4.79 Å². The molecule has 0 unspecified atom stereocenters. The lowest BCUT2D eigenvalue weighted by atomic mass is 10.0. The summed E-state index contributed by atoms with van der Waals surface area (Å²) in [6.45, 7) is 3.95. The van der Waals surface area contributed by atoms with Gasteiger partial charge in [0, 0.05) is 0 Å². The van der Waals surface area contributed by atoms with Gasteiger partial charge in [0.1, 0.15) is 5.69 Å². The van der Waals surface area contributed by atoms with Crippen LogP contribution in [0.4, 0.5) is 10.1 Å². The molecule has 5 heteroatoms. The lowest BCUT2D eigenvalue weighted by Crippen LogP contribution is -2.04. The highest BCUT2D eigenvalue weighted by molar-refractivity contribution is 5.90. The Morgan fingerprint density at radius 1 is 1.47 bits per heavy atom. The molecule has 1 aliphatic carbocycles. The average Bonchev–Trinajstić information content (AvgIpc) is 2.64. The maximum absolute atomic E-state index is 13.5. The highest BCUT2D eigenvalue weighted by Crippen LogP contribution is 2.38. The molecule has 0 N–H and O–H groups in total. The Hall–Kier alpha value is -2.04. The molecule has 1 aromatic rings. The zero-order valence-corrected chi connectivity index (χ0v) is 10.8. The van der Waals surface area contributed by atoms with Crippen molar-refractivity contribution < 1.29 is 13.9 Å². The molecule has 0 amide bonds. The van der Waals surface area contributed by atoms with Crippen LogP contribution < -0.4 is 0 Å². The fourth-order valence-electron chi connectivity index (χ4n) is 2.32. The molecule has 1 aliphatic rings. The summed E-state index contributed by atoms with van der Waals surface area (Å²) in [5.41, 5.74) is 3.07. The maximum Gasteiger partial charge on any atom is 0.310 e. The minimum Gasteiger partial charge on any atom is -0.466 e. The van der Waals surface area contributed by atoms with Crippen LogP contribution in [-0.4, -0.2) is 12.6 Å². The van der Waals surface area contributed by atoms with Gasteiger partial charge in [-0.05, 0) is 54.3 Å². The number of halogens is 1. The number of benzene rings is 1. The van der Waals surface area contributed by atoms with Crippen molar-refractivity contribution in [2.24, 2.45) is 5.18 Å². The largest absolute Gasteiger partial charge is 0.466 e.